The maximum atomic E-state index is 9.51. The third kappa shape index (κ3) is 6.92. The number of nitrogens with zero attached hydrogens (tertiary/aromatic N) is 1. The monoisotopic (exact) mass is 126 g/mol. The minimum atomic E-state index is 0.320. The number of nitrogens with one attached hydrogen (secondary N) is 2. The van der Waals surface area contributed by atoms with Crippen molar-refractivity contribution in [1.82, 2.24) is 10.6 Å². The Morgan fingerprint density at radius 3 is 2.78 bits per heavy atom. The van der Waals surface area contributed by atoms with E-state index in [4.69, 9.17) is 5.26 Å². The molecule has 0 aromatic rings. The first kappa shape index (κ1) is 7.92. The second-order valence-electron chi connectivity index (χ2n) is 1.36. The molecular weight excluding hydrogens is 118 g/mol. The summed E-state index contributed by atoms with van der Waals surface area (Å²) in [5, 5.41) is 13.1. The highest BCUT2D eigenvalue weighted by molar-refractivity contribution is 5.46. The lowest BCUT2D eigenvalue weighted by atomic mass is 10.6. The lowest BCUT2D eigenvalue weighted by Crippen LogP contribution is -2.26. The summed E-state index contributed by atoms with van der Waals surface area (Å²) in [6, 6.07) is 1.91. The standard InChI is InChI=1S/C5H8N3O/c6-1-2-7-3-4-8-5-9/h7H,2-4H2,(H,8,9). The van der Waals surface area contributed by atoms with Crippen LogP contribution in [0.25, 0.3) is 0 Å². The summed E-state index contributed by atoms with van der Waals surface area (Å²) < 4.78 is 0. The molecule has 0 spiro atoms. The van der Waals surface area contributed by atoms with Gasteiger partial charge >= 0.3 is 6.41 Å². The van der Waals surface area contributed by atoms with E-state index >= 15 is 0 Å². The Labute approximate surface area is 53.9 Å². The topological polar surface area (TPSA) is 64.9 Å². The number of rotatable bonds is 5. The van der Waals surface area contributed by atoms with E-state index in [0.717, 1.165) is 0 Å². The van der Waals surface area contributed by atoms with Crippen LogP contribution >= 0.6 is 0 Å². The van der Waals surface area contributed by atoms with Crippen LogP contribution in [0.2, 0.25) is 0 Å². The minimum Gasteiger partial charge on any atom is -0.347 e. The number of hydrogen-bond acceptors (Lipinski definition) is 3. The van der Waals surface area contributed by atoms with Crippen molar-refractivity contribution >= 4 is 6.41 Å². The van der Waals surface area contributed by atoms with Crippen molar-refractivity contribution in [3.05, 3.63) is 0 Å². The third-order valence-corrected chi connectivity index (χ3v) is 0.703. The molecule has 0 aliphatic rings. The molecule has 0 aliphatic heterocycles. The van der Waals surface area contributed by atoms with Gasteiger partial charge in [0.1, 0.15) is 0 Å². The smallest absolute Gasteiger partial charge is 0.309 e. The summed E-state index contributed by atoms with van der Waals surface area (Å²) in [6.07, 6.45) is 1.52. The van der Waals surface area contributed by atoms with Crippen LogP contribution in [0.4, 0.5) is 0 Å². The van der Waals surface area contributed by atoms with E-state index in [0.29, 0.717) is 19.6 Å². The van der Waals surface area contributed by atoms with Gasteiger partial charge in [0.2, 0.25) is 0 Å². The van der Waals surface area contributed by atoms with Crippen LogP contribution in [-0.4, -0.2) is 26.0 Å². The van der Waals surface area contributed by atoms with Crippen LogP contribution in [0, 0.1) is 11.3 Å². The Morgan fingerprint density at radius 2 is 2.22 bits per heavy atom. The Kier molecular flexibility index (Phi) is 6.09. The molecule has 0 atom stereocenters. The van der Waals surface area contributed by atoms with Crippen LogP contribution in [0.15, 0.2) is 0 Å². The normalized spacial score (nSPS) is 7.89. The van der Waals surface area contributed by atoms with Crippen molar-refractivity contribution in [1.29, 1.82) is 5.26 Å². The summed E-state index contributed by atoms with van der Waals surface area (Å²) >= 11 is 0. The average molecular weight is 126 g/mol. The van der Waals surface area contributed by atoms with Gasteiger partial charge in [-0.25, -0.2) is 0 Å². The molecule has 0 unspecified atom stereocenters. The summed E-state index contributed by atoms with van der Waals surface area (Å²) in [5.74, 6) is 0. The summed E-state index contributed by atoms with van der Waals surface area (Å²) in [7, 11) is 0. The fraction of sp³-hybridized carbons (Fsp3) is 0.600. The highest BCUT2D eigenvalue weighted by Gasteiger charge is 1.81. The van der Waals surface area contributed by atoms with E-state index in [1.165, 1.54) is 6.41 Å². The van der Waals surface area contributed by atoms with Crippen molar-refractivity contribution < 1.29 is 4.79 Å². The predicted octanol–water partition coefficient (Wildman–Crippen LogP) is -1.24. The van der Waals surface area contributed by atoms with Gasteiger partial charge < -0.3 is 10.6 Å². The van der Waals surface area contributed by atoms with E-state index in [1.54, 1.807) is 0 Å². The number of nitriles is 1. The van der Waals surface area contributed by atoms with Gasteiger partial charge in [0.15, 0.2) is 0 Å². The van der Waals surface area contributed by atoms with E-state index in [9.17, 15) is 4.79 Å². The molecule has 1 amide bonds. The van der Waals surface area contributed by atoms with Crippen LogP contribution in [0.1, 0.15) is 0 Å². The second-order valence-corrected chi connectivity index (χ2v) is 1.36. The summed E-state index contributed by atoms with van der Waals surface area (Å²) in [5.41, 5.74) is 0. The molecule has 0 rings (SSSR count). The molecule has 0 bridgehead atoms. The molecule has 9 heavy (non-hydrogen) atoms. The lowest BCUT2D eigenvalue weighted by molar-refractivity contribution is 0.540. The molecule has 0 heterocycles. The van der Waals surface area contributed by atoms with E-state index in [1.807, 2.05) is 6.07 Å². The van der Waals surface area contributed by atoms with Crippen molar-refractivity contribution in [2.75, 3.05) is 19.6 Å². The minimum absolute atomic E-state index is 0.320. The van der Waals surface area contributed by atoms with Gasteiger partial charge in [-0.15, -0.1) is 0 Å². The van der Waals surface area contributed by atoms with Gasteiger partial charge in [-0.05, 0) is 0 Å². The maximum Gasteiger partial charge on any atom is 0.309 e. The fourth-order valence-electron chi connectivity index (χ4n) is 0.346. The SMILES string of the molecule is N#CCNCCN[C]=O. The average Bonchev–Trinajstić information content (AvgIpc) is 1.89. The molecule has 0 aliphatic carbocycles. The fourth-order valence-corrected chi connectivity index (χ4v) is 0.346. The zero-order chi connectivity index (χ0) is 6.95. The first-order valence-corrected chi connectivity index (χ1v) is 2.59. The molecule has 4 nitrogen and oxygen atoms in total. The van der Waals surface area contributed by atoms with E-state index < -0.39 is 0 Å². The van der Waals surface area contributed by atoms with E-state index in [-0.39, 0.29) is 0 Å². The zero-order valence-corrected chi connectivity index (χ0v) is 4.98. The largest absolute Gasteiger partial charge is 0.347 e. The third-order valence-electron chi connectivity index (χ3n) is 0.703. The van der Waals surface area contributed by atoms with E-state index in [2.05, 4.69) is 10.6 Å². The van der Waals surface area contributed by atoms with Gasteiger partial charge in [0.05, 0.1) is 12.6 Å². The lowest BCUT2D eigenvalue weighted by Gasteiger charge is -1.95. The Morgan fingerprint density at radius 1 is 1.44 bits per heavy atom. The molecule has 0 aromatic heterocycles. The zero-order valence-electron chi connectivity index (χ0n) is 4.98. The molecule has 0 saturated carbocycles. The van der Waals surface area contributed by atoms with Gasteiger partial charge in [-0.3, -0.25) is 4.79 Å². The highest BCUT2D eigenvalue weighted by Crippen LogP contribution is 1.54. The van der Waals surface area contributed by atoms with Crippen LogP contribution in [-0.2, 0) is 4.79 Å². The Hall–Kier alpha value is -1.08. The van der Waals surface area contributed by atoms with Gasteiger partial charge in [-0.2, -0.15) is 5.26 Å². The Bertz CT molecular complexity index is 107. The number of hydrogen-bond donors (Lipinski definition) is 2. The second kappa shape index (κ2) is 6.92. The highest BCUT2D eigenvalue weighted by atomic mass is 16.1. The first-order valence-electron chi connectivity index (χ1n) is 2.59. The number of carbonyl (C=O) groups excluding carboxylic acids is 1. The summed E-state index contributed by atoms with van der Waals surface area (Å²) in [4.78, 5) is 9.51. The Balaban J connectivity index is 2.76. The molecule has 1 radical (unpaired) electrons. The predicted molar refractivity (Wildman–Crippen MR) is 32.2 cm³/mol. The first-order chi connectivity index (χ1) is 4.41. The van der Waals surface area contributed by atoms with Gasteiger partial charge in [0.25, 0.3) is 0 Å². The van der Waals surface area contributed by atoms with Crippen LogP contribution < -0.4 is 10.6 Å². The van der Waals surface area contributed by atoms with Crippen molar-refractivity contribution in [2.24, 2.45) is 0 Å². The van der Waals surface area contributed by atoms with Gasteiger partial charge in [0, 0.05) is 13.1 Å². The molecule has 4 heteroatoms. The molecule has 2 N–H and O–H groups in total. The van der Waals surface area contributed by atoms with Crippen LogP contribution in [0.3, 0.4) is 0 Å². The maximum absolute atomic E-state index is 9.51. The quantitative estimate of drug-likeness (QED) is 0.275. The van der Waals surface area contributed by atoms with Gasteiger partial charge in [-0.1, -0.05) is 0 Å². The molecule has 49 valence electrons. The molecular formula is C5H8N3O. The van der Waals surface area contributed by atoms with Crippen molar-refractivity contribution in [2.45, 2.75) is 0 Å². The summed E-state index contributed by atoms with van der Waals surface area (Å²) in [6.45, 7) is 1.45. The molecule has 0 fully saturated rings. The van der Waals surface area contributed by atoms with Crippen molar-refractivity contribution in [3.63, 3.8) is 0 Å². The molecule has 0 aromatic carbocycles. The van der Waals surface area contributed by atoms with Crippen LogP contribution in [0.5, 0.6) is 0 Å². The number of amides is 1. The van der Waals surface area contributed by atoms with Crippen molar-refractivity contribution in [3.8, 4) is 6.07 Å². The molecule has 0 saturated heterocycles.